The Balaban J connectivity index is 1.46. The summed E-state index contributed by atoms with van der Waals surface area (Å²) in [5, 5.41) is 10.7. The number of hydrogen-bond donors (Lipinski definition) is 2. The molecule has 0 spiro atoms. The van der Waals surface area contributed by atoms with Crippen LogP contribution in [0.1, 0.15) is 35.2 Å². The maximum atomic E-state index is 13.5. The van der Waals surface area contributed by atoms with E-state index < -0.39 is 6.04 Å². The molecule has 1 amide bonds. The Kier molecular flexibility index (Phi) is 6.06. The zero-order chi connectivity index (χ0) is 24.4. The molecule has 1 aliphatic rings. The molecule has 2 heterocycles. The predicted molar refractivity (Wildman–Crippen MR) is 136 cm³/mol. The van der Waals surface area contributed by atoms with Gasteiger partial charge in [-0.25, -0.2) is 4.68 Å². The quantitative estimate of drug-likeness (QED) is 0.398. The number of nitrogens with one attached hydrogen (secondary N) is 2. The molecule has 35 heavy (non-hydrogen) atoms. The Hall–Kier alpha value is -4.39. The summed E-state index contributed by atoms with van der Waals surface area (Å²) in [5.41, 5.74) is 6.36. The molecule has 7 heteroatoms. The second-order valence-corrected chi connectivity index (χ2v) is 8.70. The van der Waals surface area contributed by atoms with E-state index in [9.17, 15) is 4.79 Å². The van der Waals surface area contributed by atoms with E-state index in [2.05, 4.69) is 39.8 Å². The van der Waals surface area contributed by atoms with Gasteiger partial charge < -0.3 is 15.4 Å². The second-order valence-electron chi connectivity index (χ2n) is 8.70. The number of aromatic nitrogens is 3. The van der Waals surface area contributed by atoms with Crippen LogP contribution in [0.3, 0.4) is 0 Å². The van der Waals surface area contributed by atoms with Crippen LogP contribution in [0, 0.1) is 13.8 Å². The lowest BCUT2D eigenvalue weighted by Crippen LogP contribution is -2.31. The van der Waals surface area contributed by atoms with Gasteiger partial charge in [0.1, 0.15) is 24.7 Å². The van der Waals surface area contributed by atoms with Crippen LogP contribution in [-0.2, 0) is 11.4 Å². The summed E-state index contributed by atoms with van der Waals surface area (Å²) in [6.45, 7) is 6.43. The molecule has 5 rings (SSSR count). The number of benzene rings is 3. The molecule has 0 saturated carbocycles. The number of carbonyl (C=O) groups excluding carboxylic acids is 1. The van der Waals surface area contributed by atoms with E-state index in [0.29, 0.717) is 18.1 Å². The molecule has 0 aliphatic carbocycles. The highest BCUT2D eigenvalue weighted by Crippen LogP contribution is 2.36. The largest absolute Gasteiger partial charge is 0.489 e. The first kappa shape index (κ1) is 22.4. The van der Waals surface area contributed by atoms with Gasteiger partial charge in [0.15, 0.2) is 0 Å². The maximum absolute atomic E-state index is 13.5. The van der Waals surface area contributed by atoms with Crippen molar-refractivity contribution in [3.63, 3.8) is 0 Å². The van der Waals surface area contributed by atoms with E-state index >= 15 is 0 Å². The lowest BCUT2D eigenvalue weighted by atomic mass is 9.94. The fraction of sp³-hybridized carbons (Fsp3) is 0.179. The van der Waals surface area contributed by atoms with Crippen molar-refractivity contribution in [2.24, 2.45) is 0 Å². The van der Waals surface area contributed by atoms with Gasteiger partial charge in [-0.15, -0.1) is 0 Å². The summed E-state index contributed by atoms with van der Waals surface area (Å²) in [4.78, 5) is 17.8. The summed E-state index contributed by atoms with van der Waals surface area (Å²) < 4.78 is 7.86. The molecule has 7 nitrogen and oxygen atoms in total. The number of hydrogen-bond acceptors (Lipinski definition) is 5. The van der Waals surface area contributed by atoms with Gasteiger partial charge >= 0.3 is 0 Å². The summed E-state index contributed by atoms with van der Waals surface area (Å²) in [6, 6.07) is 23.2. The Labute approximate surface area is 204 Å². The molecule has 1 atom stereocenters. The minimum absolute atomic E-state index is 0.198. The highest BCUT2D eigenvalue weighted by molar-refractivity contribution is 6.06. The molecule has 4 aromatic rings. The number of carbonyl (C=O) groups is 1. The van der Waals surface area contributed by atoms with E-state index in [0.717, 1.165) is 33.8 Å². The van der Waals surface area contributed by atoms with Gasteiger partial charge in [0.25, 0.3) is 5.91 Å². The number of nitrogens with zero attached hydrogens (tertiary/aromatic N) is 3. The zero-order valence-corrected chi connectivity index (χ0v) is 19.9. The van der Waals surface area contributed by atoms with E-state index in [4.69, 9.17) is 4.74 Å². The van der Waals surface area contributed by atoms with Gasteiger partial charge in [0, 0.05) is 11.4 Å². The first-order chi connectivity index (χ1) is 17.0. The third-order valence-corrected chi connectivity index (χ3v) is 6.18. The number of anilines is 2. The molecule has 0 saturated heterocycles. The molecule has 0 fully saturated rings. The van der Waals surface area contributed by atoms with Crippen LogP contribution in [0.25, 0.3) is 0 Å². The first-order valence-electron chi connectivity index (χ1n) is 11.5. The van der Waals surface area contributed by atoms with Crippen molar-refractivity contribution in [2.45, 2.75) is 33.4 Å². The summed E-state index contributed by atoms with van der Waals surface area (Å²) in [5.74, 6) is 1.11. The van der Waals surface area contributed by atoms with E-state index in [1.54, 1.807) is 4.68 Å². The standard InChI is InChI=1S/C28H27N5O2/c1-18-11-13-23(14-12-18)32-27(34)25-20(3)31-28-29-17-30-33(28)26(25)21-9-6-10-24(15-21)35-16-22-8-5-4-7-19(22)2/h4-15,17,26H,16H2,1-3H3,(H,32,34)(H,29,30,31). The maximum Gasteiger partial charge on any atom is 0.255 e. The second kappa shape index (κ2) is 9.46. The monoisotopic (exact) mass is 465 g/mol. The number of allylic oxidation sites excluding steroid dienone is 1. The Morgan fingerprint density at radius 2 is 1.83 bits per heavy atom. The topological polar surface area (TPSA) is 81.1 Å². The van der Waals surface area contributed by atoms with Gasteiger partial charge in [-0.05, 0) is 61.7 Å². The molecule has 0 radical (unpaired) electrons. The number of amides is 1. The average molecular weight is 466 g/mol. The summed E-state index contributed by atoms with van der Waals surface area (Å²) >= 11 is 0. The minimum Gasteiger partial charge on any atom is -0.489 e. The van der Waals surface area contributed by atoms with Crippen molar-refractivity contribution in [2.75, 3.05) is 10.6 Å². The van der Waals surface area contributed by atoms with Crippen molar-refractivity contribution < 1.29 is 9.53 Å². The first-order valence-corrected chi connectivity index (χ1v) is 11.5. The fourth-order valence-corrected chi connectivity index (χ4v) is 4.24. The van der Waals surface area contributed by atoms with Gasteiger partial charge in [-0.2, -0.15) is 10.1 Å². The lowest BCUT2D eigenvalue weighted by Gasteiger charge is -2.29. The van der Waals surface area contributed by atoms with Crippen LogP contribution >= 0.6 is 0 Å². The highest BCUT2D eigenvalue weighted by Gasteiger charge is 2.33. The van der Waals surface area contributed by atoms with Crippen molar-refractivity contribution in [3.8, 4) is 5.75 Å². The highest BCUT2D eigenvalue weighted by atomic mass is 16.5. The SMILES string of the molecule is CC1=C(C(=O)Nc2ccc(C)cc2)C(c2cccc(OCc3ccccc3C)c2)n2ncnc2N1. The van der Waals surface area contributed by atoms with Gasteiger partial charge in [0.05, 0.1) is 5.57 Å². The number of rotatable bonds is 6. The van der Waals surface area contributed by atoms with Crippen LogP contribution in [0.15, 0.2) is 90.4 Å². The summed E-state index contributed by atoms with van der Waals surface area (Å²) in [6.07, 6.45) is 1.49. The van der Waals surface area contributed by atoms with Crippen LogP contribution in [0.5, 0.6) is 5.75 Å². The van der Waals surface area contributed by atoms with E-state index in [1.807, 2.05) is 74.5 Å². The third kappa shape index (κ3) is 4.66. The molecule has 0 bridgehead atoms. The van der Waals surface area contributed by atoms with Crippen molar-refractivity contribution >= 4 is 17.5 Å². The van der Waals surface area contributed by atoms with Crippen molar-refractivity contribution in [1.29, 1.82) is 0 Å². The van der Waals surface area contributed by atoms with E-state index in [1.165, 1.54) is 11.9 Å². The Morgan fingerprint density at radius 3 is 2.63 bits per heavy atom. The lowest BCUT2D eigenvalue weighted by molar-refractivity contribution is -0.113. The molecule has 1 aromatic heterocycles. The third-order valence-electron chi connectivity index (χ3n) is 6.18. The number of fused-ring (bicyclic) bond motifs is 1. The van der Waals surface area contributed by atoms with Crippen LogP contribution in [0.2, 0.25) is 0 Å². The van der Waals surface area contributed by atoms with Crippen molar-refractivity contribution in [1.82, 2.24) is 14.8 Å². The molecule has 1 aliphatic heterocycles. The molecule has 3 aromatic carbocycles. The van der Waals surface area contributed by atoms with Crippen LogP contribution < -0.4 is 15.4 Å². The van der Waals surface area contributed by atoms with Gasteiger partial charge in [0.2, 0.25) is 5.95 Å². The molecule has 1 unspecified atom stereocenters. The normalized spacial score (nSPS) is 14.8. The van der Waals surface area contributed by atoms with Crippen molar-refractivity contribution in [3.05, 3.63) is 113 Å². The minimum atomic E-state index is -0.457. The van der Waals surface area contributed by atoms with E-state index in [-0.39, 0.29) is 5.91 Å². The van der Waals surface area contributed by atoms with Crippen LogP contribution in [-0.4, -0.2) is 20.7 Å². The predicted octanol–water partition coefficient (Wildman–Crippen LogP) is 5.40. The molecule has 176 valence electrons. The number of aryl methyl sites for hydroxylation is 2. The van der Waals surface area contributed by atoms with Gasteiger partial charge in [-0.3, -0.25) is 4.79 Å². The van der Waals surface area contributed by atoms with Gasteiger partial charge in [-0.1, -0.05) is 54.1 Å². The average Bonchev–Trinajstić information content (AvgIpc) is 3.32. The van der Waals surface area contributed by atoms with Crippen LogP contribution in [0.4, 0.5) is 11.6 Å². The Bertz CT molecular complexity index is 1400. The molecular weight excluding hydrogens is 438 g/mol. The number of ether oxygens (including phenoxy) is 1. The fourth-order valence-electron chi connectivity index (χ4n) is 4.24. The molecular formula is C28H27N5O2. The molecule has 2 N–H and O–H groups in total. The Morgan fingerprint density at radius 1 is 1.03 bits per heavy atom. The smallest absolute Gasteiger partial charge is 0.255 e. The summed E-state index contributed by atoms with van der Waals surface area (Å²) in [7, 11) is 0. The zero-order valence-electron chi connectivity index (χ0n) is 19.9.